The van der Waals surface area contributed by atoms with Crippen LogP contribution < -0.4 is 9.46 Å². The van der Waals surface area contributed by atoms with Crippen molar-refractivity contribution in [2.45, 2.75) is 56.3 Å². The van der Waals surface area contributed by atoms with Gasteiger partial charge >= 0.3 is 15.6 Å². The summed E-state index contributed by atoms with van der Waals surface area (Å²) in [6, 6.07) is 16.9. The van der Waals surface area contributed by atoms with E-state index in [0.29, 0.717) is 17.8 Å². The molecular formula is C25H32F3N3O6S3. The van der Waals surface area contributed by atoms with Crippen LogP contribution in [0.3, 0.4) is 0 Å². The van der Waals surface area contributed by atoms with E-state index < -0.39 is 25.6 Å². The Morgan fingerprint density at radius 3 is 2.25 bits per heavy atom. The number of hydrogen-bond donors (Lipinski definition) is 2. The number of ether oxygens (including phenoxy) is 1. The summed E-state index contributed by atoms with van der Waals surface area (Å²) in [5.74, 6) is 0.796. The first-order valence-electron chi connectivity index (χ1n) is 12.5. The molecule has 0 aliphatic heterocycles. The second-order valence-corrected chi connectivity index (χ2v) is 14.2. The molecule has 0 unspecified atom stereocenters. The Balaban J connectivity index is 0.000000482. The number of sulfonamides is 1. The number of rotatable bonds is 12. The Labute approximate surface area is 236 Å². The van der Waals surface area contributed by atoms with Crippen molar-refractivity contribution in [2.75, 3.05) is 19.6 Å². The van der Waals surface area contributed by atoms with Gasteiger partial charge in [0.2, 0.25) is 10.0 Å². The summed E-state index contributed by atoms with van der Waals surface area (Å²) in [5.41, 5.74) is -3.30. The minimum absolute atomic E-state index is 0.386. The SMILES string of the molecule is CC(C)S(=O)(=O)NCCCN(CCc1ccc(Oc2nc3ccccc3s2)cc1)C1CC1.O=S(=O)(O)C(F)(F)F. The number of nitrogens with zero attached hydrogens (tertiary/aromatic N) is 2. The maximum Gasteiger partial charge on any atom is 0.522 e. The standard InChI is InChI=1S/C24H31N3O3S2.CHF3O3S/c1-18(2)32(28,29)25-15-5-16-27(20-10-11-20)17-14-19-8-12-21(13-9-19)30-24-26-22-6-3-4-7-23(22)31-24;2-1(3,4)8(5,6)7/h3-4,6-9,12-13,18,20,25H,5,10-11,14-17H2,1-2H3;(H,5,6,7). The molecule has 40 heavy (non-hydrogen) atoms. The maximum absolute atomic E-state index is 11.9. The lowest BCUT2D eigenvalue weighted by molar-refractivity contribution is -0.0510. The molecule has 0 bridgehead atoms. The fraction of sp³-hybridized carbons (Fsp3) is 0.480. The van der Waals surface area contributed by atoms with Gasteiger partial charge in [0.25, 0.3) is 5.19 Å². The van der Waals surface area contributed by atoms with Gasteiger partial charge in [-0.2, -0.15) is 21.6 Å². The minimum atomic E-state index is -5.84. The van der Waals surface area contributed by atoms with Crippen molar-refractivity contribution in [2.24, 2.45) is 0 Å². The van der Waals surface area contributed by atoms with Crippen LogP contribution in [-0.2, 0) is 26.6 Å². The Kier molecular flexibility index (Phi) is 10.9. The fourth-order valence-corrected chi connectivity index (χ4v) is 5.17. The molecule has 1 fully saturated rings. The van der Waals surface area contributed by atoms with Crippen LogP contribution >= 0.6 is 11.3 Å². The van der Waals surface area contributed by atoms with Gasteiger partial charge in [0.1, 0.15) is 5.75 Å². The molecule has 0 spiro atoms. The summed E-state index contributed by atoms with van der Waals surface area (Å²) in [5, 5.41) is 0.274. The highest BCUT2D eigenvalue weighted by molar-refractivity contribution is 7.90. The second kappa shape index (κ2) is 13.6. The van der Waals surface area contributed by atoms with E-state index in [2.05, 4.69) is 26.7 Å². The Morgan fingerprint density at radius 2 is 1.70 bits per heavy atom. The van der Waals surface area contributed by atoms with E-state index in [1.54, 1.807) is 25.2 Å². The monoisotopic (exact) mass is 623 g/mol. The molecule has 0 radical (unpaired) electrons. The number of halogens is 3. The Bertz CT molecular complexity index is 1420. The van der Waals surface area contributed by atoms with E-state index in [4.69, 9.17) is 17.7 Å². The summed E-state index contributed by atoms with van der Waals surface area (Å²) < 4.78 is 91.1. The Morgan fingerprint density at radius 1 is 1.07 bits per heavy atom. The molecule has 1 aromatic heterocycles. The number of para-hydroxylation sites is 1. The van der Waals surface area contributed by atoms with Crippen LogP contribution in [0.2, 0.25) is 0 Å². The number of alkyl halides is 3. The number of aromatic nitrogens is 1. The second-order valence-electron chi connectivity index (χ2n) is 9.47. The van der Waals surface area contributed by atoms with Crippen LogP contribution in [0, 0.1) is 0 Å². The van der Waals surface area contributed by atoms with E-state index in [1.807, 2.05) is 36.4 Å². The van der Waals surface area contributed by atoms with Crippen LogP contribution in [0.1, 0.15) is 38.7 Å². The molecule has 0 saturated heterocycles. The fourth-order valence-electron chi connectivity index (χ4n) is 3.57. The number of nitrogens with one attached hydrogen (secondary N) is 1. The van der Waals surface area contributed by atoms with Gasteiger partial charge in [-0.1, -0.05) is 35.6 Å². The zero-order valence-electron chi connectivity index (χ0n) is 22.0. The first-order chi connectivity index (χ1) is 18.7. The van der Waals surface area contributed by atoms with E-state index in [1.165, 1.54) is 18.4 Å². The van der Waals surface area contributed by atoms with Crippen molar-refractivity contribution in [1.29, 1.82) is 0 Å². The van der Waals surface area contributed by atoms with Crippen LogP contribution in [0.15, 0.2) is 48.5 Å². The molecule has 4 rings (SSSR count). The van der Waals surface area contributed by atoms with E-state index in [-0.39, 0.29) is 5.25 Å². The maximum atomic E-state index is 11.9. The van der Waals surface area contributed by atoms with Gasteiger partial charge in [0.15, 0.2) is 0 Å². The van der Waals surface area contributed by atoms with Gasteiger partial charge in [0, 0.05) is 19.1 Å². The van der Waals surface area contributed by atoms with Crippen molar-refractivity contribution in [1.82, 2.24) is 14.6 Å². The number of thiazole rings is 1. The summed E-state index contributed by atoms with van der Waals surface area (Å²) in [6.07, 6.45) is 4.28. The van der Waals surface area contributed by atoms with Crippen molar-refractivity contribution < 1.29 is 39.3 Å². The molecule has 15 heteroatoms. The Hall–Kier alpha value is -2.30. The minimum Gasteiger partial charge on any atom is -0.431 e. The highest BCUT2D eigenvalue weighted by Gasteiger charge is 2.44. The van der Waals surface area contributed by atoms with Gasteiger partial charge in [-0.3, -0.25) is 4.55 Å². The van der Waals surface area contributed by atoms with Gasteiger partial charge in [0.05, 0.1) is 15.5 Å². The lowest BCUT2D eigenvalue weighted by Crippen LogP contribution is -2.35. The predicted octanol–water partition coefficient (Wildman–Crippen LogP) is 5.21. The van der Waals surface area contributed by atoms with Gasteiger partial charge < -0.3 is 9.64 Å². The quantitative estimate of drug-likeness (QED) is 0.160. The van der Waals surface area contributed by atoms with E-state index in [9.17, 15) is 21.6 Å². The molecule has 0 amide bonds. The molecule has 1 saturated carbocycles. The highest BCUT2D eigenvalue weighted by atomic mass is 32.2. The molecule has 2 aromatic carbocycles. The van der Waals surface area contributed by atoms with Crippen LogP contribution in [0.4, 0.5) is 13.2 Å². The van der Waals surface area contributed by atoms with E-state index in [0.717, 1.165) is 41.9 Å². The normalized spacial score (nSPS) is 14.4. The van der Waals surface area contributed by atoms with Crippen LogP contribution in [0.5, 0.6) is 10.9 Å². The van der Waals surface area contributed by atoms with Gasteiger partial charge in [-0.15, -0.1) is 0 Å². The molecular weight excluding hydrogens is 591 g/mol. The lowest BCUT2D eigenvalue weighted by Gasteiger charge is -2.22. The van der Waals surface area contributed by atoms with Crippen LogP contribution in [0.25, 0.3) is 10.2 Å². The van der Waals surface area contributed by atoms with Crippen molar-refractivity contribution in [3.8, 4) is 10.9 Å². The van der Waals surface area contributed by atoms with Crippen molar-refractivity contribution >= 4 is 41.7 Å². The van der Waals surface area contributed by atoms with E-state index >= 15 is 0 Å². The van der Waals surface area contributed by atoms with Gasteiger partial charge in [-0.25, -0.2) is 18.1 Å². The number of fused-ring (bicyclic) bond motifs is 1. The zero-order valence-corrected chi connectivity index (χ0v) is 24.4. The molecule has 2 N–H and O–H groups in total. The summed E-state index contributed by atoms with van der Waals surface area (Å²) >= 11 is 1.55. The summed E-state index contributed by atoms with van der Waals surface area (Å²) in [7, 11) is -9.01. The van der Waals surface area contributed by atoms with Crippen molar-refractivity contribution in [3.05, 3.63) is 54.1 Å². The molecule has 0 atom stereocenters. The largest absolute Gasteiger partial charge is 0.522 e. The zero-order chi connectivity index (χ0) is 29.6. The predicted molar refractivity (Wildman–Crippen MR) is 149 cm³/mol. The topological polar surface area (TPSA) is 126 Å². The highest BCUT2D eigenvalue weighted by Crippen LogP contribution is 2.31. The van der Waals surface area contributed by atoms with Crippen molar-refractivity contribution in [3.63, 3.8) is 0 Å². The average Bonchev–Trinajstić information content (AvgIpc) is 3.62. The molecule has 3 aromatic rings. The van der Waals surface area contributed by atoms with Crippen LogP contribution in [-0.4, -0.2) is 67.7 Å². The van der Waals surface area contributed by atoms with Gasteiger partial charge in [-0.05, 0) is 75.9 Å². The number of hydrogen-bond acceptors (Lipinski definition) is 8. The third-order valence-corrected chi connectivity index (χ3v) is 9.34. The average molecular weight is 624 g/mol. The number of benzene rings is 2. The molecule has 1 heterocycles. The first kappa shape index (κ1) is 32.2. The summed E-state index contributed by atoms with van der Waals surface area (Å²) in [4.78, 5) is 7.02. The molecule has 9 nitrogen and oxygen atoms in total. The molecule has 222 valence electrons. The first-order valence-corrected chi connectivity index (χ1v) is 16.3. The third kappa shape index (κ3) is 9.96. The molecule has 1 aliphatic carbocycles. The summed E-state index contributed by atoms with van der Waals surface area (Å²) in [6.45, 7) is 5.81. The third-order valence-electron chi connectivity index (χ3n) is 5.99. The smallest absolute Gasteiger partial charge is 0.431 e. The molecule has 1 aliphatic rings. The lowest BCUT2D eigenvalue weighted by atomic mass is 10.1.